The quantitative estimate of drug-likeness (QED) is 0.509. The highest BCUT2D eigenvalue weighted by molar-refractivity contribution is 5.79. The Labute approximate surface area is 156 Å². The Kier molecular flexibility index (Phi) is 11.1. The van der Waals surface area contributed by atoms with Gasteiger partial charge in [0.25, 0.3) is 0 Å². The third kappa shape index (κ3) is 9.87. The fourth-order valence-corrected chi connectivity index (χ4v) is 2.87. The van der Waals surface area contributed by atoms with Gasteiger partial charge in [-0.05, 0) is 39.5 Å². The standard InChI is InChI=1S/C19H34N2O5/c1-4-17(22)13-25-12-10-20-19(24)15-5-7-16(8-6-15)21-18(23)9-11-26-14(2)3/h14-16H,4-13H2,1-3H3,(H,20,24)(H,21,23). The van der Waals surface area contributed by atoms with Gasteiger partial charge in [-0.2, -0.15) is 0 Å². The molecule has 2 N–H and O–H groups in total. The molecule has 0 spiro atoms. The number of amides is 2. The first-order valence-electron chi connectivity index (χ1n) is 9.70. The lowest BCUT2D eigenvalue weighted by Crippen LogP contribution is -2.41. The van der Waals surface area contributed by atoms with Gasteiger partial charge in [-0.25, -0.2) is 0 Å². The van der Waals surface area contributed by atoms with Gasteiger partial charge in [-0.1, -0.05) is 6.92 Å². The molecule has 0 heterocycles. The van der Waals surface area contributed by atoms with Crippen molar-refractivity contribution in [3.63, 3.8) is 0 Å². The summed E-state index contributed by atoms with van der Waals surface area (Å²) < 4.78 is 10.6. The zero-order chi connectivity index (χ0) is 19.4. The van der Waals surface area contributed by atoms with Gasteiger partial charge >= 0.3 is 0 Å². The minimum atomic E-state index is -0.00954. The largest absolute Gasteiger partial charge is 0.378 e. The zero-order valence-electron chi connectivity index (χ0n) is 16.3. The summed E-state index contributed by atoms with van der Waals surface area (Å²) in [6.07, 6.45) is 4.15. The van der Waals surface area contributed by atoms with Crippen molar-refractivity contribution in [2.45, 2.75) is 71.4 Å². The lowest BCUT2D eigenvalue weighted by atomic mass is 9.85. The molecule has 7 nitrogen and oxygen atoms in total. The summed E-state index contributed by atoms with van der Waals surface area (Å²) in [5.41, 5.74) is 0. The number of rotatable bonds is 12. The SMILES string of the molecule is CCC(=O)COCCNC(=O)C1CCC(NC(=O)CCOC(C)C)CC1. The summed E-state index contributed by atoms with van der Waals surface area (Å²) in [6, 6.07) is 0.147. The lowest BCUT2D eigenvalue weighted by molar-refractivity contribution is -0.126. The molecule has 26 heavy (non-hydrogen) atoms. The Bertz CT molecular complexity index is 445. The van der Waals surface area contributed by atoms with Crippen LogP contribution in [0.25, 0.3) is 0 Å². The van der Waals surface area contributed by atoms with Crippen LogP contribution in [0, 0.1) is 5.92 Å². The molecule has 1 aliphatic carbocycles. The maximum atomic E-state index is 12.1. The van der Waals surface area contributed by atoms with E-state index in [9.17, 15) is 14.4 Å². The van der Waals surface area contributed by atoms with E-state index in [1.807, 2.05) is 13.8 Å². The molecule has 0 aromatic heterocycles. The molecule has 2 amide bonds. The number of hydrogen-bond acceptors (Lipinski definition) is 5. The number of ketones is 1. The second-order valence-corrected chi connectivity index (χ2v) is 7.02. The predicted octanol–water partition coefficient (Wildman–Crippen LogP) is 1.59. The van der Waals surface area contributed by atoms with E-state index in [0.717, 1.165) is 25.7 Å². The summed E-state index contributed by atoms with van der Waals surface area (Å²) in [6.45, 7) is 7.00. The van der Waals surface area contributed by atoms with Gasteiger partial charge in [0.05, 0.1) is 19.3 Å². The Balaban J connectivity index is 2.11. The van der Waals surface area contributed by atoms with Crippen molar-refractivity contribution in [1.29, 1.82) is 0 Å². The van der Waals surface area contributed by atoms with E-state index in [0.29, 0.717) is 32.6 Å². The van der Waals surface area contributed by atoms with Crippen LogP contribution in [-0.4, -0.2) is 56.1 Å². The molecular formula is C19H34N2O5. The predicted molar refractivity (Wildman–Crippen MR) is 98.7 cm³/mol. The first-order chi connectivity index (χ1) is 12.4. The van der Waals surface area contributed by atoms with Crippen molar-refractivity contribution in [2.24, 2.45) is 5.92 Å². The number of carbonyl (C=O) groups excluding carboxylic acids is 3. The molecule has 0 atom stereocenters. The summed E-state index contributed by atoms with van der Waals surface area (Å²) in [5, 5.41) is 5.88. The second kappa shape index (κ2) is 12.8. The average Bonchev–Trinajstić information content (AvgIpc) is 2.61. The number of nitrogens with one attached hydrogen (secondary N) is 2. The van der Waals surface area contributed by atoms with Crippen molar-refractivity contribution in [2.75, 3.05) is 26.4 Å². The Morgan fingerprint density at radius 1 is 1.08 bits per heavy atom. The van der Waals surface area contributed by atoms with Crippen LogP contribution in [0.3, 0.4) is 0 Å². The topological polar surface area (TPSA) is 93.7 Å². The molecule has 0 aromatic carbocycles. The summed E-state index contributed by atoms with van der Waals surface area (Å²) in [5.74, 6) is 0.0972. The van der Waals surface area contributed by atoms with Crippen LogP contribution in [0.5, 0.6) is 0 Å². The van der Waals surface area contributed by atoms with Crippen molar-refractivity contribution in [3.05, 3.63) is 0 Å². The van der Waals surface area contributed by atoms with Crippen LogP contribution in [-0.2, 0) is 23.9 Å². The van der Waals surface area contributed by atoms with Gasteiger partial charge in [0.15, 0.2) is 5.78 Å². The number of Topliss-reactive ketones (excluding diaryl/α,β-unsaturated/α-hetero) is 1. The third-order valence-electron chi connectivity index (χ3n) is 4.45. The van der Waals surface area contributed by atoms with Gasteiger partial charge in [0.1, 0.15) is 6.61 Å². The molecule has 1 saturated carbocycles. The monoisotopic (exact) mass is 370 g/mol. The fourth-order valence-electron chi connectivity index (χ4n) is 2.87. The number of hydrogen-bond donors (Lipinski definition) is 2. The minimum absolute atomic E-state index is 0.00954. The minimum Gasteiger partial charge on any atom is -0.378 e. The van der Waals surface area contributed by atoms with Crippen LogP contribution < -0.4 is 10.6 Å². The van der Waals surface area contributed by atoms with Crippen molar-refractivity contribution in [1.82, 2.24) is 10.6 Å². The molecular weight excluding hydrogens is 336 g/mol. The number of ether oxygens (including phenoxy) is 2. The van der Waals surface area contributed by atoms with E-state index < -0.39 is 0 Å². The fraction of sp³-hybridized carbons (Fsp3) is 0.842. The van der Waals surface area contributed by atoms with E-state index in [1.165, 1.54) is 0 Å². The molecule has 0 bridgehead atoms. The smallest absolute Gasteiger partial charge is 0.223 e. The summed E-state index contributed by atoms with van der Waals surface area (Å²) in [4.78, 5) is 35.1. The molecule has 1 fully saturated rings. The van der Waals surface area contributed by atoms with Crippen LogP contribution in [0.2, 0.25) is 0 Å². The average molecular weight is 370 g/mol. The number of carbonyl (C=O) groups is 3. The molecule has 0 unspecified atom stereocenters. The highest BCUT2D eigenvalue weighted by atomic mass is 16.5. The van der Waals surface area contributed by atoms with Crippen LogP contribution in [0.4, 0.5) is 0 Å². The molecule has 1 aliphatic rings. The normalized spacial score (nSPS) is 20.0. The molecule has 1 rings (SSSR count). The van der Waals surface area contributed by atoms with Crippen LogP contribution >= 0.6 is 0 Å². The van der Waals surface area contributed by atoms with Gasteiger partial charge < -0.3 is 20.1 Å². The Hall–Kier alpha value is -1.47. The third-order valence-corrected chi connectivity index (χ3v) is 4.45. The van der Waals surface area contributed by atoms with Gasteiger partial charge in [0, 0.05) is 31.3 Å². The second-order valence-electron chi connectivity index (χ2n) is 7.02. The van der Waals surface area contributed by atoms with Gasteiger partial charge in [-0.3, -0.25) is 14.4 Å². The molecule has 7 heteroatoms. The van der Waals surface area contributed by atoms with Crippen molar-refractivity contribution < 1.29 is 23.9 Å². The lowest BCUT2D eigenvalue weighted by Gasteiger charge is -2.28. The Morgan fingerprint density at radius 3 is 2.38 bits per heavy atom. The van der Waals surface area contributed by atoms with E-state index in [1.54, 1.807) is 6.92 Å². The van der Waals surface area contributed by atoms with Crippen molar-refractivity contribution in [3.8, 4) is 0 Å². The highest BCUT2D eigenvalue weighted by Gasteiger charge is 2.26. The molecule has 0 saturated heterocycles. The molecule has 0 aromatic rings. The van der Waals surface area contributed by atoms with Crippen LogP contribution in [0.15, 0.2) is 0 Å². The first-order valence-corrected chi connectivity index (χ1v) is 9.70. The first kappa shape index (κ1) is 22.6. The summed E-state index contributed by atoms with van der Waals surface area (Å²) >= 11 is 0. The maximum Gasteiger partial charge on any atom is 0.223 e. The van der Waals surface area contributed by atoms with Crippen LogP contribution in [0.1, 0.15) is 59.3 Å². The maximum absolute atomic E-state index is 12.1. The van der Waals surface area contributed by atoms with Gasteiger partial charge in [0.2, 0.25) is 11.8 Å². The van der Waals surface area contributed by atoms with E-state index in [4.69, 9.17) is 9.47 Å². The van der Waals surface area contributed by atoms with E-state index in [-0.39, 0.29) is 42.3 Å². The van der Waals surface area contributed by atoms with E-state index >= 15 is 0 Å². The Morgan fingerprint density at radius 2 is 1.77 bits per heavy atom. The van der Waals surface area contributed by atoms with Gasteiger partial charge in [-0.15, -0.1) is 0 Å². The zero-order valence-corrected chi connectivity index (χ0v) is 16.3. The van der Waals surface area contributed by atoms with E-state index in [2.05, 4.69) is 10.6 Å². The van der Waals surface area contributed by atoms with Crippen molar-refractivity contribution >= 4 is 17.6 Å². The molecule has 0 aliphatic heterocycles. The molecule has 150 valence electrons. The highest BCUT2D eigenvalue weighted by Crippen LogP contribution is 2.24. The molecule has 0 radical (unpaired) electrons. The summed E-state index contributed by atoms with van der Waals surface area (Å²) in [7, 11) is 0.